The zero-order valence-electron chi connectivity index (χ0n) is 16.6. The van der Waals surface area contributed by atoms with Crippen molar-refractivity contribution in [1.29, 1.82) is 0 Å². The van der Waals surface area contributed by atoms with Crippen LogP contribution in [0.4, 0.5) is 23.1 Å². The van der Waals surface area contributed by atoms with Crippen molar-refractivity contribution >= 4 is 23.1 Å². The molecule has 4 fully saturated rings. The van der Waals surface area contributed by atoms with E-state index >= 15 is 0 Å². The Morgan fingerprint density at radius 3 is 2.03 bits per heavy atom. The summed E-state index contributed by atoms with van der Waals surface area (Å²) in [5.41, 5.74) is 2.09. The summed E-state index contributed by atoms with van der Waals surface area (Å²) >= 11 is 0. The highest BCUT2D eigenvalue weighted by Crippen LogP contribution is 2.38. The summed E-state index contributed by atoms with van der Waals surface area (Å²) in [6.07, 6.45) is 3.37. The molecule has 1 aromatic carbocycles. The Kier molecular flexibility index (Phi) is 4.31. The van der Waals surface area contributed by atoms with Gasteiger partial charge in [0.2, 0.25) is 5.95 Å². The summed E-state index contributed by atoms with van der Waals surface area (Å²) in [4.78, 5) is 14.5. The van der Waals surface area contributed by atoms with E-state index in [0.717, 1.165) is 93.2 Å². The molecule has 1 aromatic heterocycles. The van der Waals surface area contributed by atoms with E-state index in [2.05, 4.69) is 36.9 Å². The number of anilines is 4. The van der Waals surface area contributed by atoms with Crippen LogP contribution in [0.2, 0.25) is 0 Å². The Labute approximate surface area is 171 Å². The van der Waals surface area contributed by atoms with Gasteiger partial charge in [0.05, 0.1) is 0 Å². The van der Waals surface area contributed by atoms with Crippen molar-refractivity contribution in [3.63, 3.8) is 0 Å². The van der Waals surface area contributed by atoms with E-state index in [-0.39, 0.29) is 0 Å². The van der Waals surface area contributed by atoms with E-state index in [1.807, 2.05) is 30.3 Å². The van der Waals surface area contributed by atoms with Crippen LogP contribution in [-0.4, -0.2) is 62.3 Å². The van der Waals surface area contributed by atoms with Gasteiger partial charge in [0, 0.05) is 58.0 Å². The van der Waals surface area contributed by atoms with Gasteiger partial charge in [-0.1, -0.05) is 18.2 Å². The molecule has 0 amide bonds. The smallest absolute Gasteiger partial charge is 0.229 e. The third kappa shape index (κ3) is 3.22. The minimum absolute atomic E-state index is 0.631. The van der Waals surface area contributed by atoms with Crippen LogP contribution < -0.4 is 25.8 Å². The van der Waals surface area contributed by atoms with Crippen molar-refractivity contribution in [2.45, 2.75) is 0 Å². The summed E-state index contributed by atoms with van der Waals surface area (Å²) in [6.45, 7) is 8.82. The van der Waals surface area contributed by atoms with Crippen LogP contribution in [0.15, 0.2) is 30.3 Å². The molecule has 151 valence electrons. The topological polar surface area (TPSA) is 68.4 Å². The zero-order chi connectivity index (χ0) is 19.2. The van der Waals surface area contributed by atoms with Crippen LogP contribution in [0, 0.1) is 29.9 Å². The van der Waals surface area contributed by atoms with Crippen molar-refractivity contribution < 1.29 is 0 Å². The lowest BCUT2D eigenvalue weighted by Gasteiger charge is -2.27. The van der Waals surface area contributed by atoms with Gasteiger partial charge in [-0.2, -0.15) is 4.98 Å². The summed E-state index contributed by atoms with van der Waals surface area (Å²) in [6, 6.07) is 10.1. The molecule has 5 heterocycles. The van der Waals surface area contributed by atoms with Crippen LogP contribution in [0.3, 0.4) is 0 Å². The van der Waals surface area contributed by atoms with Crippen molar-refractivity contribution in [1.82, 2.24) is 20.6 Å². The van der Waals surface area contributed by atoms with Gasteiger partial charge in [-0.15, -0.1) is 0 Å². The number of benzene rings is 1. The molecule has 4 unspecified atom stereocenters. The molecule has 4 atom stereocenters. The Hall–Kier alpha value is -2.38. The number of para-hydroxylation sites is 1. The molecule has 2 aromatic rings. The molecule has 4 saturated heterocycles. The Morgan fingerprint density at radius 2 is 1.41 bits per heavy atom. The van der Waals surface area contributed by atoms with Crippen LogP contribution in [0.25, 0.3) is 0 Å². The molecule has 0 spiro atoms. The molecule has 7 nitrogen and oxygen atoms in total. The van der Waals surface area contributed by atoms with E-state index in [9.17, 15) is 0 Å². The number of nitrogens with zero attached hydrogens (tertiary/aromatic N) is 4. The lowest BCUT2D eigenvalue weighted by atomic mass is 10.0. The van der Waals surface area contributed by atoms with Gasteiger partial charge < -0.3 is 25.8 Å². The monoisotopic (exact) mass is 390 g/mol. The second kappa shape index (κ2) is 7.15. The fourth-order valence-corrected chi connectivity index (χ4v) is 5.54. The first kappa shape index (κ1) is 17.5. The number of rotatable bonds is 4. The summed E-state index contributed by atoms with van der Waals surface area (Å²) in [5, 5.41) is 10.4. The SMILES string of the molecule is [c]1nc(Nc2ccccc2)nc(N2CC3CNCC3C2)c1N1CC2CNCC2C1. The molecule has 29 heavy (non-hydrogen) atoms. The molecule has 7 heteroatoms. The molecule has 6 rings (SSSR count). The van der Waals surface area contributed by atoms with Crippen molar-refractivity contribution in [2.75, 3.05) is 67.5 Å². The normalized spacial score (nSPS) is 30.6. The van der Waals surface area contributed by atoms with Crippen LogP contribution >= 0.6 is 0 Å². The van der Waals surface area contributed by atoms with Gasteiger partial charge in [0.1, 0.15) is 11.9 Å². The quantitative estimate of drug-likeness (QED) is 0.728. The predicted octanol–water partition coefficient (Wildman–Crippen LogP) is 1.33. The Balaban J connectivity index is 1.31. The number of hydrogen-bond acceptors (Lipinski definition) is 7. The van der Waals surface area contributed by atoms with Crippen molar-refractivity contribution in [3.05, 3.63) is 36.5 Å². The minimum Gasteiger partial charge on any atom is -0.366 e. The van der Waals surface area contributed by atoms with Gasteiger partial charge in [0.25, 0.3) is 0 Å². The maximum absolute atomic E-state index is 5.01. The molecule has 4 aliphatic heterocycles. The number of hydrogen-bond donors (Lipinski definition) is 3. The van der Waals surface area contributed by atoms with Crippen LogP contribution in [0.5, 0.6) is 0 Å². The van der Waals surface area contributed by atoms with Crippen LogP contribution in [0.1, 0.15) is 0 Å². The fourth-order valence-electron chi connectivity index (χ4n) is 5.54. The van der Waals surface area contributed by atoms with Gasteiger partial charge in [-0.3, -0.25) is 0 Å². The largest absolute Gasteiger partial charge is 0.366 e. The number of nitrogens with one attached hydrogen (secondary N) is 3. The molecule has 0 saturated carbocycles. The highest BCUT2D eigenvalue weighted by Gasteiger charge is 2.41. The summed E-state index contributed by atoms with van der Waals surface area (Å²) in [7, 11) is 0. The first-order valence-corrected chi connectivity index (χ1v) is 10.9. The minimum atomic E-state index is 0.631. The molecule has 0 bridgehead atoms. The van der Waals surface area contributed by atoms with Crippen molar-refractivity contribution in [3.8, 4) is 0 Å². The molecular weight excluding hydrogens is 362 g/mol. The third-order valence-corrected chi connectivity index (χ3v) is 7.12. The Morgan fingerprint density at radius 1 is 0.828 bits per heavy atom. The molecular formula is C22H28N7. The predicted molar refractivity (Wildman–Crippen MR) is 115 cm³/mol. The molecule has 0 aliphatic carbocycles. The lowest BCUT2D eigenvalue weighted by Crippen LogP contribution is -2.31. The summed E-state index contributed by atoms with van der Waals surface area (Å²) < 4.78 is 0. The maximum atomic E-state index is 5.01. The van der Waals surface area contributed by atoms with E-state index in [4.69, 9.17) is 4.98 Å². The first-order chi connectivity index (χ1) is 14.3. The van der Waals surface area contributed by atoms with Crippen LogP contribution in [-0.2, 0) is 0 Å². The summed E-state index contributed by atoms with van der Waals surface area (Å²) in [5.74, 6) is 4.61. The third-order valence-electron chi connectivity index (χ3n) is 7.12. The number of fused-ring (bicyclic) bond motifs is 2. The van der Waals surface area contributed by atoms with E-state index in [0.29, 0.717) is 5.95 Å². The average molecular weight is 391 g/mol. The first-order valence-electron chi connectivity index (χ1n) is 10.9. The molecule has 1 radical (unpaired) electrons. The highest BCUT2D eigenvalue weighted by atomic mass is 15.3. The Bertz CT molecular complexity index is 849. The maximum Gasteiger partial charge on any atom is 0.229 e. The zero-order valence-corrected chi connectivity index (χ0v) is 16.6. The van der Waals surface area contributed by atoms with Gasteiger partial charge in [-0.05, 0) is 35.8 Å². The van der Waals surface area contributed by atoms with E-state index in [1.54, 1.807) is 0 Å². The van der Waals surface area contributed by atoms with Crippen molar-refractivity contribution in [2.24, 2.45) is 23.7 Å². The van der Waals surface area contributed by atoms with E-state index < -0.39 is 0 Å². The van der Waals surface area contributed by atoms with E-state index in [1.165, 1.54) is 0 Å². The number of aromatic nitrogens is 2. The molecule has 3 N–H and O–H groups in total. The van der Waals surface area contributed by atoms with Gasteiger partial charge >= 0.3 is 0 Å². The van der Waals surface area contributed by atoms with Gasteiger partial charge in [-0.25, -0.2) is 4.98 Å². The second-order valence-electron chi connectivity index (χ2n) is 8.99. The highest BCUT2D eigenvalue weighted by molar-refractivity contribution is 5.69. The standard InChI is InChI=1S/C22H28N7/c1-2-4-19(5-3-1)26-22-25-10-20(28-11-15-6-23-7-16(15)12-28)21(27-22)29-13-17-8-24-9-18(17)14-29/h1-5,15-18,23-24H,6-9,11-14H2,(H,25,26,27). The average Bonchev–Trinajstić information content (AvgIpc) is 3.49. The molecule has 4 aliphatic rings. The fraction of sp³-hybridized carbons (Fsp3) is 0.545. The van der Waals surface area contributed by atoms with Gasteiger partial charge in [0.15, 0.2) is 5.82 Å². The second-order valence-corrected chi connectivity index (χ2v) is 8.99. The lowest BCUT2D eigenvalue weighted by molar-refractivity contribution is 0.533.